The average Bonchev–Trinajstić information content (AvgIpc) is 2.65. The number of thiophene rings is 1. The van der Waals surface area contributed by atoms with Gasteiger partial charge in [0, 0.05) is 13.0 Å². The van der Waals surface area contributed by atoms with Crippen LogP contribution in [-0.2, 0) is 11.3 Å². The monoisotopic (exact) mass is 296 g/mol. The van der Waals surface area contributed by atoms with Gasteiger partial charge in [0.1, 0.15) is 15.5 Å². The molecule has 0 fully saturated rings. The highest BCUT2D eigenvalue weighted by Gasteiger charge is 2.19. The molecule has 106 valence electrons. The molecule has 0 amide bonds. The van der Waals surface area contributed by atoms with Crippen molar-refractivity contribution in [3.05, 3.63) is 31.3 Å². The minimum Gasteiger partial charge on any atom is -0.477 e. The van der Waals surface area contributed by atoms with E-state index in [2.05, 4.69) is 4.98 Å². The lowest BCUT2D eigenvalue weighted by Crippen LogP contribution is -2.35. The molecule has 0 spiro atoms. The maximum Gasteiger partial charge on any atom is 0.346 e. The zero-order chi connectivity index (χ0) is 15.0. The molecule has 2 rings (SSSR count). The standard InChI is InChI=1S/C12H12N2O5S/c1-5(15)3-4-14-10(16)7-6(2)8(11(17)18)20-9(7)13-12(14)19/h3-4H2,1-2H3,(H,13,19)(H,17,18). The number of carboxylic acids is 1. The van der Waals surface area contributed by atoms with E-state index in [-0.39, 0.29) is 33.8 Å². The minimum absolute atomic E-state index is 0.0167. The van der Waals surface area contributed by atoms with Crippen molar-refractivity contribution in [3.8, 4) is 0 Å². The number of rotatable bonds is 4. The number of aromatic carboxylic acids is 1. The highest BCUT2D eigenvalue weighted by atomic mass is 32.1. The predicted molar refractivity (Wildman–Crippen MR) is 73.7 cm³/mol. The van der Waals surface area contributed by atoms with E-state index in [1.165, 1.54) is 13.8 Å². The van der Waals surface area contributed by atoms with Crippen LogP contribution in [0.2, 0.25) is 0 Å². The Morgan fingerprint density at radius 2 is 2.00 bits per heavy atom. The number of carbonyl (C=O) groups is 2. The first-order valence-corrected chi connectivity index (χ1v) is 6.63. The van der Waals surface area contributed by atoms with Gasteiger partial charge in [0.25, 0.3) is 5.56 Å². The van der Waals surface area contributed by atoms with Crippen molar-refractivity contribution in [1.82, 2.24) is 9.55 Å². The van der Waals surface area contributed by atoms with E-state index in [0.717, 1.165) is 15.9 Å². The fraction of sp³-hybridized carbons (Fsp3) is 0.333. The van der Waals surface area contributed by atoms with Crippen LogP contribution in [0.3, 0.4) is 0 Å². The number of nitrogens with zero attached hydrogens (tertiary/aromatic N) is 1. The Hall–Kier alpha value is -2.22. The Labute approximate surface area is 116 Å². The van der Waals surface area contributed by atoms with E-state index in [0.29, 0.717) is 5.56 Å². The molecule has 0 aromatic carbocycles. The average molecular weight is 296 g/mol. The largest absolute Gasteiger partial charge is 0.477 e. The maximum absolute atomic E-state index is 12.3. The summed E-state index contributed by atoms with van der Waals surface area (Å²) in [6.07, 6.45) is 0.0729. The first-order valence-electron chi connectivity index (χ1n) is 5.82. The molecule has 2 aromatic rings. The van der Waals surface area contributed by atoms with E-state index < -0.39 is 17.2 Å². The van der Waals surface area contributed by atoms with Gasteiger partial charge >= 0.3 is 11.7 Å². The van der Waals surface area contributed by atoms with E-state index in [4.69, 9.17) is 5.11 Å². The molecule has 0 aliphatic carbocycles. The molecule has 2 N–H and O–H groups in total. The highest BCUT2D eigenvalue weighted by Crippen LogP contribution is 2.25. The third kappa shape index (κ3) is 2.29. The number of ketones is 1. The Kier molecular flexibility index (Phi) is 3.58. The maximum atomic E-state index is 12.3. The second-order valence-electron chi connectivity index (χ2n) is 4.40. The van der Waals surface area contributed by atoms with Gasteiger partial charge in [-0.3, -0.25) is 19.1 Å². The lowest BCUT2D eigenvalue weighted by molar-refractivity contribution is -0.117. The van der Waals surface area contributed by atoms with Crippen molar-refractivity contribution >= 4 is 33.3 Å². The fourth-order valence-corrected chi connectivity index (χ4v) is 2.95. The van der Waals surface area contributed by atoms with E-state index in [1.54, 1.807) is 0 Å². The van der Waals surface area contributed by atoms with Crippen LogP contribution in [-0.4, -0.2) is 26.4 Å². The summed E-state index contributed by atoms with van der Waals surface area (Å²) in [4.78, 5) is 48.8. The zero-order valence-electron chi connectivity index (χ0n) is 10.8. The van der Waals surface area contributed by atoms with Gasteiger partial charge in [-0.25, -0.2) is 9.59 Å². The summed E-state index contributed by atoms with van der Waals surface area (Å²) in [6, 6.07) is 0. The number of carboxylic acid groups (broad SMARTS) is 1. The summed E-state index contributed by atoms with van der Waals surface area (Å²) >= 11 is 0.858. The predicted octanol–water partition coefficient (Wildman–Crippen LogP) is 0.737. The molecule has 0 aliphatic heterocycles. The number of H-pyrrole nitrogens is 1. The van der Waals surface area contributed by atoms with Crippen LogP contribution >= 0.6 is 11.3 Å². The summed E-state index contributed by atoms with van der Waals surface area (Å²) in [5.74, 6) is -1.27. The molecule has 0 radical (unpaired) electrons. The number of nitrogens with one attached hydrogen (secondary N) is 1. The quantitative estimate of drug-likeness (QED) is 0.864. The fourth-order valence-electron chi connectivity index (χ4n) is 1.93. The molecule has 2 aromatic heterocycles. The smallest absolute Gasteiger partial charge is 0.346 e. The molecule has 20 heavy (non-hydrogen) atoms. The first-order chi connectivity index (χ1) is 9.32. The van der Waals surface area contributed by atoms with Gasteiger partial charge in [-0.05, 0) is 19.4 Å². The Morgan fingerprint density at radius 3 is 2.55 bits per heavy atom. The van der Waals surface area contributed by atoms with E-state index in [1.807, 2.05) is 0 Å². The Bertz CT molecular complexity index is 827. The van der Waals surface area contributed by atoms with Crippen molar-refractivity contribution < 1.29 is 14.7 Å². The van der Waals surface area contributed by atoms with Crippen LogP contribution in [0, 0.1) is 6.92 Å². The number of aromatic nitrogens is 2. The number of aryl methyl sites for hydroxylation is 1. The molecule has 0 saturated heterocycles. The number of aromatic amines is 1. The third-order valence-electron chi connectivity index (χ3n) is 2.95. The minimum atomic E-state index is -1.14. The first kappa shape index (κ1) is 14.2. The molecule has 0 atom stereocenters. The van der Waals surface area contributed by atoms with Crippen LogP contribution in [0.15, 0.2) is 9.59 Å². The molecule has 2 heterocycles. The van der Waals surface area contributed by atoms with Crippen molar-refractivity contribution in [3.63, 3.8) is 0 Å². The SMILES string of the molecule is CC(=O)CCn1c(=O)[nH]c2sc(C(=O)O)c(C)c2c1=O. The van der Waals surface area contributed by atoms with Crippen LogP contribution < -0.4 is 11.2 Å². The lowest BCUT2D eigenvalue weighted by atomic mass is 10.2. The van der Waals surface area contributed by atoms with E-state index in [9.17, 15) is 19.2 Å². The molecular formula is C12H12N2O5S. The normalized spacial score (nSPS) is 10.9. The van der Waals surface area contributed by atoms with Gasteiger partial charge in [-0.2, -0.15) is 0 Å². The molecule has 0 unspecified atom stereocenters. The molecule has 0 saturated carbocycles. The second-order valence-corrected chi connectivity index (χ2v) is 5.43. The van der Waals surface area contributed by atoms with Crippen LogP contribution in [0.4, 0.5) is 0 Å². The summed E-state index contributed by atoms with van der Waals surface area (Å²) < 4.78 is 0.926. The summed E-state index contributed by atoms with van der Waals surface area (Å²) in [5.41, 5.74) is -0.872. The summed E-state index contributed by atoms with van der Waals surface area (Å²) in [5, 5.41) is 9.23. The van der Waals surface area contributed by atoms with Gasteiger partial charge < -0.3 is 5.11 Å². The zero-order valence-corrected chi connectivity index (χ0v) is 11.7. The molecule has 0 aliphatic rings. The Balaban J connectivity index is 2.71. The van der Waals surface area contributed by atoms with E-state index >= 15 is 0 Å². The third-order valence-corrected chi connectivity index (χ3v) is 4.15. The number of hydrogen-bond acceptors (Lipinski definition) is 5. The lowest BCUT2D eigenvalue weighted by Gasteiger charge is -2.03. The number of hydrogen-bond donors (Lipinski definition) is 2. The van der Waals surface area contributed by atoms with Gasteiger partial charge in [0.15, 0.2) is 0 Å². The molecule has 8 heteroatoms. The van der Waals surface area contributed by atoms with Crippen LogP contribution in [0.25, 0.3) is 10.2 Å². The van der Waals surface area contributed by atoms with Gasteiger partial charge in [0.2, 0.25) is 0 Å². The number of Topliss-reactive ketones (excluding diaryl/α,β-unsaturated/α-hetero) is 1. The summed E-state index contributed by atoms with van der Waals surface area (Å²) in [6.45, 7) is 2.88. The highest BCUT2D eigenvalue weighted by molar-refractivity contribution is 7.20. The molecule has 0 bridgehead atoms. The second kappa shape index (κ2) is 5.04. The number of carbonyl (C=O) groups excluding carboxylic acids is 1. The topological polar surface area (TPSA) is 109 Å². The van der Waals surface area contributed by atoms with Crippen molar-refractivity contribution in [2.24, 2.45) is 0 Å². The van der Waals surface area contributed by atoms with Crippen molar-refractivity contribution in [1.29, 1.82) is 0 Å². The van der Waals surface area contributed by atoms with Crippen molar-refractivity contribution in [2.45, 2.75) is 26.8 Å². The molecule has 7 nitrogen and oxygen atoms in total. The number of fused-ring (bicyclic) bond motifs is 1. The Morgan fingerprint density at radius 1 is 1.35 bits per heavy atom. The molecular weight excluding hydrogens is 284 g/mol. The van der Waals surface area contributed by atoms with Crippen LogP contribution in [0.5, 0.6) is 0 Å². The van der Waals surface area contributed by atoms with Gasteiger partial charge in [-0.15, -0.1) is 11.3 Å². The summed E-state index contributed by atoms with van der Waals surface area (Å²) in [7, 11) is 0. The van der Waals surface area contributed by atoms with Gasteiger partial charge in [0.05, 0.1) is 5.39 Å². The van der Waals surface area contributed by atoms with Crippen molar-refractivity contribution in [2.75, 3.05) is 0 Å². The van der Waals surface area contributed by atoms with Gasteiger partial charge in [-0.1, -0.05) is 0 Å². The van der Waals surface area contributed by atoms with Crippen LogP contribution in [0.1, 0.15) is 28.6 Å².